The second kappa shape index (κ2) is 10.6. The van der Waals surface area contributed by atoms with Gasteiger partial charge < -0.3 is 15.2 Å². The van der Waals surface area contributed by atoms with E-state index in [0.717, 1.165) is 28.7 Å². The Morgan fingerprint density at radius 1 is 1.00 bits per heavy atom. The number of carboxylic acids is 1. The Morgan fingerprint density at radius 2 is 1.59 bits per heavy atom. The summed E-state index contributed by atoms with van der Waals surface area (Å²) in [5.41, 5.74) is 7.11. The van der Waals surface area contributed by atoms with Gasteiger partial charge in [-0.2, -0.15) is 0 Å². The van der Waals surface area contributed by atoms with Crippen LogP contribution in [-0.4, -0.2) is 42.0 Å². The van der Waals surface area contributed by atoms with Gasteiger partial charge in [0.05, 0.1) is 5.60 Å². The number of carboxylic acid groups (broad SMARTS) is 1. The third kappa shape index (κ3) is 6.31. The van der Waals surface area contributed by atoms with E-state index < -0.39 is 18.1 Å². The average molecular weight is 441 g/mol. The second-order valence-corrected chi connectivity index (χ2v) is 8.97. The molecule has 172 valence electrons. The predicted molar refractivity (Wildman–Crippen MR) is 122 cm³/mol. The largest absolute Gasteiger partial charge is 0.480 e. The van der Waals surface area contributed by atoms with Crippen molar-refractivity contribution < 1.29 is 24.3 Å². The van der Waals surface area contributed by atoms with Crippen molar-refractivity contribution in [3.05, 3.63) is 59.7 Å². The van der Waals surface area contributed by atoms with Crippen LogP contribution < -0.4 is 10.8 Å². The first-order valence-corrected chi connectivity index (χ1v) is 11.0. The maximum absolute atomic E-state index is 12.4. The number of rotatable bonds is 10. The van der Waals surface area contributed by atoms with E-state index in [1.807, 2.05) is 57.2 Å². The molecule has 0 radical (unpaired) electrons. The zero-order valence-electron chi connectivity index (χ0n) is 18.9. The van der Waals surface area contributed by atoms with Crippen LogP contribution in [0.5, 0.6) is 0 Å². The zero-order chi connectivity index (χ0) is 23.1. The number of unbranched alkanes of at least 4 members (excludes halogenated alkanes) is 1. The monoisotopic (exact) mass is 440 g/mol. The molecule has 3 N–H and O–H groups in total. The molecule has 0 aromatic heterocycles. The van der Waals surface area contributed by atoms with Crippen LogP contribution in [0.15, 0.2) is 48.5 Å². The number of aliphatic carboxylic acids is 1. The van der Waals surface area contributed by atoms with Gasteiger partial charge >= 0.3 is 12.1 Å². The number of carbonyl (C=O) groups is 2. The highest BCUT2D eigenvalue weighted by Gasteiger charge is 2.29. The summed E-state index contributed by atoms with van der Waals surface area (Å²) in [4.78, 5) is 29.3. The molecule has 0 heterocycles. The molecule has 7 nitrogen and oxygen atoms in total. The summed E-state index contributed by atoms with van der Waals surface area (Å²) in [6, 6.07) is 15.2. The van der Waals surface area contributed by atoms with Crippen LogP contribution in [0, 0.1) is 0 Å². The Balaban J connectivity index is 1.48. The summed E-state index contributed by atoms with van der Waals surface area (Å²) in [6.45, 7) is 6.59. The van der Waals surface area contributed by atoms with Crippen LogP contribution in [-0.2, 0) is 14.4 Å². The molecule has 2 aromatic rings. The van der Waals surface area contributed by atoms with Crippen LogP contribution in [0.3, 0.4) is 0 Å². The molecule has 1 atom stereocenters. The average Bonchev–Trinajstić information content (AvgIpc) is 3.07. The molecule has 7 heteroatoms. The second-order valence-electron chi connectivity index (χ2n) is 8.97. The van der Waals surface area contributed by atoms with E-state index in [0.29, 0.717) is 19.4 Å². The van der Waals surface area contributed by atoms with E-state index in [1.54, 1.807) is 0 Å². The fraction of sp³-hybridized carbons (Fsp3) is 0.440. The quantitative estimate of drug-likeness (QED) is 0.373. The van der Waals surface area contributed by atoms with Crippen molar-refractivity contribution in [1.82, 2.24) is 10.8 Å². The number of alkyl carbamates (subject to hydrolysis) is 1. The number of carbonyl (C=O) groups excluding carboxylic acids is 1. The SMILES string of the molecule is CC(C)(C)ONCCCC[C@@H](NC(=O)OCC1c2ccccc2-c2ccccc21)C(=O)O. The van der Waals surface area contributed by atoms with Gasteiger partial charge in [-0.15, -0.1) is 0 Å². The molecule has 1 amide bonds. The number of hydrogen-bond donors (Lipinski definition) is 3. The number of hydroxylamine groups is 1. The number of benzene rings is 2. The topological polar surface area (TPSA) is 96.9 Å². The number of fused-ring (bicyclic) bond motifs is 3. The normalized spacial score (nSPS) is 13.8. The van der Waals surface area contributed by atoms with Crippen LogP contribution in [0.4, 0.5) is 4.79 Å². The van der Waals surface area contributed by atoms with Crippen molar-refractivity contribution in [3.8, 4) is 11.1 Å². The number of nitrogens with one attached hydrogen (secondary N) is 2. The summed E-state index contributed by atoms with van der Waals surface area (Å²) in [6.07, 6.45) is 0.956. The minimum Gasteiger partial charge on any atom is -0.480 e. The van der Waals surface area contributed by atoms with Gasteiger partial charge in [-0.1, -0.05) is 48.5 Å². The fourth-order valence-corrected chi connectivity index (χ4v) is 3.85. The lowest BCUT2D eigenvalue weighted by molar-refractivity contribution is -0.139. The first-order chi connectivity index (χ1) is 15.3. The van der Waals surface area contributed by atoms with Crippen molar-refractivity contribution in [2.75, 3.05) is 13.2 Å². The Labute approximate surface area is 189 Å². The maximum atomic E-state index is 12.4. The van der Waals surface area contributed by atoms with Crippen molar-refractivity contribution in [1.29, 1.82) is 0 Å². The van der Waals surface area contributed by atoms with E-state index in [4.69, 9.17) is 9.57 Å². The van der Waals surface area contributed by atoms with Crippen molar-refractivity contribution >= 4 is 12.1 Å². The van der Waals surface area contributed by atoms with Crippen LogP contribution in [0.2, 0.25) is 0 Å². The molecule has 2 aromatic carbocycles. The molecule has 32 heavy (non-hydrogen) atoms. The van der Waals surface area contributed by atoms with E-state index in [9.17, 15) is 14.7 Å². The number of hydrogen-bond acceptors (Lipinski definition) is 5. The highest BCUT2D eigenvalue weighted by Crippen LogP contribution is 2.44. The Kier molecular flexibility index (Phi) is 7.88. The Bertz CT molecular complexity index is 892. The highest BCUT2D eigenvalue weighted by molar-refractivity contribution is 5.81. The lowest BCUT2D eigenvalue weighted by Gasteiger charge is -2.19. The lowest BCUT2D eigenvalue weighted by atomic mass is 9.98. The summed E-state index contributed by atoms with van der Waals surface area (Å²) in [5.74, 6) is -1.14. The standard InChI is InChI=1S/C25H32N2O5/c1-25(2,3)32-26-15-9-8-14-22(23(28)29)27-24(30)31-16-21-19-12-6-4-10-17(19)18-11-5-7-13-20(18)21/h4-7,10-13,21-22,26H,8-9,14-16H2,1-3H3,(H,27,30)(H,28,29)/t22-/m1/s1. The van der Waals surface area contributed by atoms with Gasteiger partial charge in [0.1, 0.15) is 12.6 Å². The van der Waals surface area contributed by atoms with Crippen LogP contribution >= 0.6 is 0 Å². The minimum absolute atomic E-state index is 0.0645. The molecular weight excluding hydrogens is 408 g/mol. The van der Waals surface area contributed by atoms with Gasteiger partial charge in [-0.25, -0.2) is 15.1 Å². The molecule has 0 unspecified atom stereocenters. The molecule has 0 aliphatic heterocycles. The first kappa shape index (κ1) is 23.8. The lowest BCUT2D eigenvalue weighted by Crippen LogP contribution is -2.41. The summed E-state index contributed by atoms with van der Waals surface area (Å²) < 4.78 is 5.46. The molecule has 1 aliphatic rings. The van der Waals surface area contributed by atoms with E-state index in [2.05, 4.69) is 22.9 Å². The van der Waals surface area contributed by atoms with E-state index >= 15 is 0 Å². The molecular formula is C25H32N2O5. The predicted octanol–water partition coefficient (Wildman–Crippen LogP) is 4.47. The molecule has 1 aliphatic carbocycles. The van der Waals surface area contributed by atoms with Gasteiger partial charge in [-0.3, -0.25) is 4.84 Å². The van der Waals surface area contributed by atoms with Gasteiger partial charge in [0.15, 0.2) is 0 Å². The molecule has 0 spiro atoms. The van der Waals surface area contributed by atoms with E-state index in [1.165, 1.54) is 0 Å². The smallest absolute Gasteiger partial charge is 0.407 e. The molecule has 0 fully saturated rings. The number of amides is 1. The molecule has 3 rings (SSSR count). The molecule has 0 bridgehead atoms. The first-order valence-electron chi connectivity index (χ1n) is 11.0. The van der Waals surface area contributed by atoms with Crippen molar-refractivity contribution in [3.63, 3.8) is 0 Å². The minimum atomic E-state index is -1.07. The van der Waals surface area contributed by atoms with E-state index in [-0.39, 0.29) is 18.1 Å². The van der Waals surface area contributed by atoms with Gasteiger partial charge in [0, 0.05) is 12.5 Å². The van der Waals surface area contributed by atoms with Gasteiger partial charge in [-0.05, 0) is 62.3 Å². The Hall–Kier alpha value is -2.90. The Morgan fingerprint density at radius 3 is 2.16 bits per heavy atom. The third-order valence-electron chi connectivity index (χ3n) is 5.33. The number of ether oxygens (including phenoxy) is 1. The maximum Gasteiger partial charge on any atom is 0.407 e. The molecule has 0 saturated carbocycles. The fourth-order valence-electron chi connectivity index (χ4n) is 3.85. The summed E-state index contributed by atoms with van der Waals surface area (Å²) in [5, 5.41) is 12.0. The zero-order valence-corrected chi connectivity index (χ0v) is 18.9. The summed E-state index contributed by atoms with van der Waals surface area (Å²) in [7, 11) is 0. The van der Waals surface area contributed by atoms with Crippen LogP contribution in [0.1, 0.15) is 57.1 Å². The summed E-state index contributed by atoms with van der Waals surface area (Å²) >= 11 is 0. The van der Waals surface area contributed by atoms with Crippen molar-refractivity contribution in [2.45, 2.75) is 57.6 Å². The highest BCUT2D eigenvalue weighted by atomic mass is 16.7. The third-order valence-corrected chi connectivity index (χ3v) is 5.33. The van der Waals surface area contributed by atoms with Crippen molar-refractivity contribution in [2.24, 2.45) is 0 Å². The van der Waals surface area contributed by atoms with Gasteiger partial charge in [0.25, 0.3) is 0 Å². The molecule has 0 saturated heterocycles. The van der Waals surface area contributed by atoms with Crippen LogP contribution in [0.25, 0.3) is 11.1 Å². The van der Waals surface area contributed by atoms with Gasteiger partial charge in [0.2, 0.25) is 0 Å².